The van der Waals surface area contributed by atoms with Crippen molar-refractivity contribution in [1.29, 1.82) is 0 Å². The molecule has 0 heterocycles. The Morgan fingerprint density at radius 2 is 1.77 bits per heavy atom. The number of carbonyl (C=O) groups excluding carboxylic acids is 1. The van der Waals surface area contributed by atoms with Crippen LogP contribution in [0.4, 0.5) is 0 Å². The van der Waals surface area contributed by atoms with E-state index in [-0.39, 0.29) is 21.4 Å². The first-order valence-electron chi connectivity index (χ1n) is 6.48. The lowest BCUT2D eigenvalue weighted by Gasteiger charge is -2.20. The van der Waals surface area contributed by atoms with Gasteiger partial charge in [-0.1, -0.05) is 23.8 Å². The molecule has 1 amide bonds. The van der Waals surface area contributed by atoms with Gasteiger partial charge in [-0.2, -0.15) is 0 Å². The van der Waals surface area contributed by atoms with Crippen molar-refractivity contribution in [3.05, 3.63) is 54.1 Å². The van der Waals surface area contributed by atoms with E-state index in [1.807, 2.05) is 0 Å². The van der Waals surface area contributed by atoms with Crippen LogP contribution in [-0.2, 0) is 10.0 Å². The van der Waals surface area contributed by atoms with Gasteiger partial charge in [-0.3, -0.25) is 4.79 Å². The molecule has 1 aromatic rings. The maximum atomic E-state index is 12.5. The number of rotatable bonds is 7. The zero-order chi connectivity index (χ0) is 16.9. The third kappa shape index (κ3) is 3.97. The van der Waals surface area contributed by atoms with Crippen molar-refractivity contribution < 1.29 is 13.2 Å². The molecule has 22 heavy (non-hydrogen) atoms. The molecule has 0 aliphatic carbocycles. The Balaban J connectivity index is 3.32. The third-order valence-electron chi connectivity index (χ3n) is 2.93. The smallest absolute Gasteiger partial charge is 0.255 e. The molecule has 0 aliphatic heterocycles. The molecule has 0 bridgehead atoms. The fourth-order valence-corrected chi connectivity index (χ4v) is 2.89. The van der Waals surface area contributed by atoms with E-state index in [1.165, 1.54) is 37.2 Å². The Hall–Kier alpha value is -1.63. The minimum absolute atomic E-state index is 0.0161. The van der Waals surface area contributed by atoms with Gasteiger partial charge >= 0.3 is 0 Å². The van der Waals surface area contributed by atoms with Crippen LogP contribution >= 0.6 is 11.6 Å². The molecule has 120 valence electrons. The SMILES string of the molecule is C=CCN(CC=C)C(=O)c1cc(S(=O)(=O)N(C)C)ccc1Cl. The molecule has 0 fully saturated rings. The zero-order valence-corrected chi connectivity index (χ0v) is 14.2. The van der Waals surface area contributed by atoms with E-state index in [9.17, 15) is 13.2 Å². The highest BCUT2D eigenvalue weighted by Gasteiger charge is 2.22. The van der Waals surface area contributed by atoms with Crippen molar-refractivity contribution in [1.82, 2.24) is 9.21 Å². The number of halogens is 1. The van der Waals surface area contributed by atoms with E-state index in [0.717, 1.165) is 4.31 Å². The number of benzene rings is 1. The molecular weight excluding hydrogens is 324 g/mol. The summed E-state index contributed by atoms with van der Waals surface area (Å²) in [6, 6.07) is 4.07. The molecule has 0 N–H and O–H groups in total. The Morgan fingerprint density at radius 1 is 1.23 bits per heavy atom. The number of sulfonamides is 1. The summed E-state index contributed by atoms with van der Waals surface area (Å²) in [7, 11) is -0.789. The second-order valence-corrected chi connectivity index (χ2v) is 7.28. The van der Waals surface area contributed by atoms with E-state index in [1.54, 1.807) is 12.2 Å². The Morgan fingerprint density at radius 3 is 2.23 bits per heavy atom. The summed E-state index contributed by atoms with van der Waals surface area (Å²) < 4.78 is 25.4. The highest BCUT2D eigenvalue weighted by molar-refractivity contribution is 7.89. The maximum absolute atomic E-state index is 12.5. The van der Waals surface area contributed by atoms with E-state index in [4.69, 9.17) is 11.6 Å². The first-order valence-corrected chi connectivity index (χ1v) is 8.30. The van der Waals surface area contributed by atoms with Gasteiger partial charge in [0.25, 0.3) is 5.91 Å². The lowest BCUT2D eigenvalue weighted by atomic mass is 10.2. The number of carbonyl (C=O) groups is 1. The summed E-state index contributed by atoms with van der Waals surface area (Å²) >= 11 is 6.06. The summed E-state index contributed by atoms with van der Waals surface area (Å²) in [4.78, 5) is 14.0. The highest BCUT2D eigenvalue weighted by atomic mass is 35.5. The maximum Gasteiger partial charge on any atom is 0.255 e. The Labute approximate surface area is 136 Å². The second kappa shape index (κ2) is 7.58. The van der Waals surface area contributed by atoms with Crippen LogP contribution in [0.25, 0.3) is 0 Å². The first kappa shape index (κ1) is 18.4. The molecule has 1 rings (SSSR count). The average molecular weight is 343 g/mol. The van der Waals surface area contributed by atoms with Crippen molar-refractivity contribution in [2.45, 2.75) is 4.90 Å². The largest absolute Gasteiger partial charge is 0.331 e. The van der Waals surface area contributed by atoms with Crippen LogP contribution < -0.4 is 0 Å². The van der Waals surface area contributed by atoms with Crippen LogP contribution in [0.3, 0.4) is 0 Å². The van der Waals surface area contributed by atoms with Gasteiger partial charge < -0.3 is 4.90 Å². The summed E-state index contributed by atoms with van der Waals surface area (Å²) in [5, 5.41) is 0.195. The standard InChI is InChI=1S/C15H19ClN2O3S/c1-5-9-18(10-6-2)15(19)13-11-12(7-8-14(13)16)22(20,21)17(3)4/h5-8,11H,1-2,9-10H2,3-4H3. The molecule has 0 radical (unpaired) electrons. The molecule has 0 aliphatic rings. The van der Waals surface area contributed by atoms with E-state index < -0.39 is 10.0 Å². The van der Waals surface area contributed by atoms with Gasteiger partial charge in [0.2, 0.25) is 10.0 Å². The molecule has 0 saturated carbocycles. The van der Waals surface area contributed by atoms with Crippen molar-refractivity contribution in [2.75, 3.05) is 27.2 Å². The molecule has 0 saturated heterocycles. The van der Waals surface area contributed by atoms with E-state index in [2.05, 4.69) is 13.2 Å². The lowest BCUT2D eigenvalue weighted by molar-refractivity contribution is 0.0791. The minimum Gasteiger partial charge on any atom is -0.331 e. The minimum atomic E-state index is -3.64. The van der Waals surface area contributed by atoms with Crippen LogP contribution in [0.2, 0.25) is 5.02 Å². The van der Waals surface area contributed by atoms with Crippen molar-refractivity contribution in [3.63, 3.8) is 0 Å². The van der Waals surface area contributed by atoms with Crippen molar-refractivity contribution >= 4 is 27.5 Å². The lowest BCUT2D eigenvalue weighted by Crippen LogP contribution is -2.32. The molecule has 0 atom stereocenters. The monoisotopic (exact) mass is 342 g/mol. The summed E-state index contributed by atoms with van der Waals surface area (Å²) in [6.45, 7) is 7.82. The summed E-state index contributed by atoms with van der Waals surface area (Å²) in [6.07, 6.45) is 3.16. The van der Waals surface area contributed by atoms with E-state index >= 15 is 0 Å². The van der Waals surface area contributed by atoms with Gasteiger partial charge in [0.1, 0.15) is 0 Å². The van der Waals surface area contributed by atoms with Gasteiger partial charge in [0, 0.05) is 27.2 Å². The van der Waals surface area contributed by atoms with Gasteiger partial charge in [-0.25, -0.2) is 12.7 Å². The second-order valence-electron chi connectivity index (χ2n) is 4.72. The molecule has 7 heteroatoms. The normalized spacial score (nSPS) is 11.3. The number of hydrogen-bond acceptors (Lipinski definition) is 3. The van der Waals surface area contributed by atoms with Crippen LogP contribution in [-0.4, -0.2) is 50.7 Å². The predicted octanol–water partition coefficient (Wildman–Crippen LogP) is 2.40. The van der Waals surface area contributed by atoms with Crippen molar-refractivity contribution in [3.8, 4) is 0 Å². The van der Waals surface area contributed by atoms with Crippen LogP contribution in [0.1, 0.15) is 10.4 Å². The molecule has 0 spiro atoms. The molecule has 0 unspecified atom stereocenters. The Kier molecular flexibility index (Phi) is 6.34. The molecule has 1 aromatic carbocycles. The Bertz CT molecular complexity index is 674. The fraction of sp³-hybridized carbons (Fsp3) is 0.267. The third-order valence-corrected chi connectivity index (χ3v) is 5.07. The zero-order valence-electron chi connectivity index (χ0n) is 12.6. The average Bonchev–Trinajstić information content (AvgIpc) is 2.46. The highest BCUT2D eigenvalue weighted by Crippen LogP contribution is 2.23. The quantitative estimate of drug-likeness (QED) is 0.715. The molecule has 5 nitrogen and oxygen atoms in total. The van der Waals surface area contributed by atoms with Crippen LogP contribution in [0, 0.1) is 0 Å². The van der Waals surface area contributed by atoms with Gasteiger partial charge in [0.15, 0.2) is 0 Å². The van der Waals surface area contributed by atoms with Crippen LogP contribution in [0.5, 0.6) is 0 Å². The van der Waals surface area contributed by atoms with Gasteiger partial charge in [-0.15, -0.1) is 13.2 Å². The van der Waals surface area contributed by atoms with Crippen molar-refractivity contribution in [2.24, 2.45) is 0 Å². The predicted molar refractivity (Wildman–Crippen MR) is 88.6 cm³/mol. The number of hydrogen-bond donors (Lipinski definition) is 0. The van der Waals surface area contributed by atoms with Gasteiger partial charge in [-0.05, 0) is 18.2 Å². The van der Waals surface area contributed by atoms with E-state index in [0.29, 0.717) is 13.1 Å². The number of nitrogens with zero attached hydrogens (tertiary/aromatic N) is 2. The summed E-state index contributed by atoms with van der Waals surface area (Å²) in [5.74, 6) is -0.374. The molecular formula is C15H19ClN2O3S. The fourth-order valence-electron chi connectivity index (χ4n) is 1.76. The first-order chi connectivity index (χ1) is 10.3. The topological polar surface area (TPSA) is 57.7 Å². The van der Waals surface area contributed by atoms with Gasteiger partial charge in [0.05, 0.1) is 15.5 Å². The summed E-state index contributed by atoms with van der Waals surface area (Å²) in [5.41, 5.74) is 0.133. The molecule has 0 aromatic heterocycles. The number of amides is 1. The van der Waals surface area contributed by atoms with Crippen LogP contribution in [0.15, 0.2) is 48.4 Å².